The van der Waals surface area contributed by atoms with Gasteiger partial charge in [-0.3, -0.25) is 0 Å². The fourth-order valence-corrected chi connectivity index (χ4v) is 7.13. The first-order chi connectivity index (χ1) is 13.2. The van der Waals surface area contributed by atoms with Crippen LogP contribution in [0.2, 0.25) is 0 Å². The van der Waals surface area contributed by atoms with E-state index in [1.165, 1.54) is 80.1 Å². The van der Waals surface area contributed by atoms with Gasteiger partial charge in [0.1, 0.15) is 0 Å². The Morgan fingerprint density at radius 3 is 2.33 bits per heavy atom. The van der Waals surface area contributed by atoms with Crippen molar-refractivity contribution in [3.63, 3.8) is 0 Å². The van der Waals surface area contributed by atoms with Gasteiger partial charge in [0, 0.05) is 19.8 Å². The lowest BCUT2D eigenvalue weighted by atomic mass is 10.0. The van der Waals surface area contributed by atoms with E-state index in [9.17, 15) is 0 Å². The first kappa shape index (κ1) is 21.0. The van der Waals surface area contributed by atoms with E-state index in [1.807, 2.05) is 22.7 Å². The first-order valence-electron chi connectivity index (χ1n) is 9.80. The molecule has 3 aromatic rings. The molecule has 144 valence electrons. The van der Waals surface area contributed by atoms with Crippen LogP contribution in [0.5, 0.6) is 0 Å². The topological polar surface area (TPSA) is 0 Å². The van der Waals surface area contributed by atoms with E-state index in [0.717, 1.165) is 6.42 Å². The number of unbranched alkanes of at least 4 members (excludes halogenated alkanes) is 6. The molecule has 0 nitrogen and oxygen atoms in total. The van der Waals surface area contributed by atoms with Crippen molar-refractivity contribution in [2.24, 2.45) is 0 Å². The highest BCUT2D eigenvalue weighted by Gasteiger charge is 2.15. The Morgan fingerprint density at radius 2 is 1.59 bits per heavy atom. The second-order valence-corrected chi connectivity index (χ2v) is 10.7. The van der Waals surface area contributed by atoms with Crippen LogP contribution in [0.3, 0.4) is 0 Å². The van der Waals surface area contributed by atoms with Crippen molar-refractivity contribution >= 4 is 55.5 Å². The summed E-state index contributed by atoms with van der Waals surface area (Å²) in [5.41, 5.74) is 2.65. The van der Waals surface area contributed by atoms with Crippen molar-refractivity contribution in [2.45, 2.75) is 58.3 Å². The molecule has 0 aliphatic rings. The molecule has 0 atom stereocenters. The minimum Gasteiger partial charge on any atom is -0.142 e. The van der Waals surface area contributed by atoms with Gasteiger partial charge in [0.05, 0.1) is 9.75 Å². The van der Waals surface area contributed by atoms with Crippen LogP contribution in [-0.4, -0.2) is 0 Å². The summed E-state index contributed by atoms with van der Waals surface area (Å²) >= 11 is 9.20. The highest BCUT2D eigenvalue weighted by atomic mass is 79.9. The lowest BCUT2D eigenvalue weighted by Crippen LogP contribution is -1.82. The third-order valence-electron chi connectivity index (χ3n) is 4.79. The predicted octanol–water partition coefficient (Wildman–Crippen LogP) is 10.1. The van der Waals surface area contributed by atoms with E-state index < -0.39 is 0 Å². The number of halogens is 1. The van der Waals surface area contributed by atoms with E-state index >= 15 is 0 Å². The molecule has 0 fully saturated rings. The first-order valence-corrected chi connectivity index (χ1v) is 13.2. The van der Waals surface area contributed by atoms with Crippen LogP contribution < -0.4 is 0 Å². The third kappa shape index (κ3) is 5.66. The Bertz CT molecular complexity index is 852. The molecule has 3 rings (SSSR count). The zero-order valence-electron chi connectivity index (χ0n) is 15.9. The molecule has 0 unspecified atom stereocenters. The average Bonchev–Trinajstić information content (AvgIpc) is 3.40. The van der Waals surface area contributed by atoms with Gasteiger partial charge in [-0.15, -0.1) is 34.0 Å². The molecule has 0 N–H and O–H groups in total. The molecule has 27 heavy (non-hydrogen) atoms. The van der Waals surface area contributed by atoms with Crippen LogP contribution in [0.15, 0.2) is 46.1 Å². The standard InChI is InChI=1S/C23H27BrS3/c1-3-4-5-6-7-8-9-10-17(2)20-11-12-21(27-20)18-13-15-25-22(18)23-19(24)14-16-26-23/h11-16H,2-10H2,1H3. The number of allylic oxidation sites excluding steroid dienone is 1. The second kappa shape index (κ2) is 10.8. The van der Waals surface area contributed by atoms with Crippen LogP contribution in [0.1, 0.15) is 63.2 Å². The molecule has 0 saturated carbocycles. The average molecular weight is 480 g/mol. The molecule has 3 aromatic heterocycles. The largest absolute Gasteiger partial charge is 0.142 e. The number of hydrogen-bond acceptors (Lipinski definition) is 3. The molecule has 3 heterocycles. The van der Waals surface area contributed by atoms with E-state index in [4.69, 9.17) is 0 Å². The van der Waals surface area contributed by atoms with Gasteiger partial charge >= 0.3 is 0 Å². The number of thiophene rings is 3. The quantitative estimate of drug-likeness (QED) is 0.240. The number of hydrogen-bond donors (Lipinski definition) is 0. The highest BCUT2D eigenvalue weighted by molar-refractivity contribution is 9.10. The summed E-state index contributed by atoms with van der Waals surface area (Å²) in [6, 6.07) is 8.91. The van der Waals surface area contributed by atoms with Crippen LogP contribution in [0.25, 0.3) is 25.8 Å². The fourth-order valence-electron chi connectivity index (χ4n) is 3.23. The van der Waals surface area contributed by atoms with Gasteiger partial charge in [-0.25, -0.2) is 0 Å². The Kier molecular flexibility index (Phi) is 8.38. The van der Waals surface area contributed by atoms with Crippen molar-refractivity contribution in [2.75, 3.05) is 0 Å². The Balaban J connectivity index is 1.57. The molecular formula is C23H27BrS3. The smallest absolute Gasteiger partial charge is 0.0591 e. The molecule has 0 saturated heterocycles. The summed E-state index contributed by atoms with van der Waals surface area (Å²) in [7, 11) is 0. The summed E-state index contributed by atoms with van der Waals surface area (Å²) in [5, 5.41) is 4.34. The summed E-state index contributed by atoms with van der Waals surface area (Å²) in [6.45, 7) is 6.64. The molecule has 4 heteroatoms. The lowest BCUT2D eigenvalue weighted by Gasteiger charge is -2.04. The van der Waals surface area contributed by atoms with Crippen LogP contribution in [0, 0.1) is 0 Å². The highest BCUT2D eigenvalue weighted by Crippen LogP contribution is 2.45. The van der Waals surface area contributed by atoms with E-state index in [2.05, 4.69) is 64.5 Å². The molecule has 0 bridgehead atoms. The third-order valence-corrected chi connectivity index (χ3v) is 8.93. The number of rotatable bonds is 11. The van der Waals surface area contributed by atoms with E-state index in [0.29, 0.717) is 0 Å². The fraction of sp³-hybridized carbons (Fsp3) is 0.391. The second-order valence-electron chi connectivity index (χ2n) is 6.90. The van der Waals surface area contributed by atoms with Crippen LogP contribution in [0.4, 0.5) is 0 Å². The van der Waals surface area contributed by atoms with Crippen molar-refractivity contribution in [1.82, 2.24) is 0 Å². The maximum Gasteiger partial charge on any atom is 0.0591 e. The molecule has 0 spiro atoms. The van der Waals surface area contributed by atoms with Gasteiger partial charge in [-0.1, -0.05) is 52.0 Å². The normalized spacial score (nSPS) is 11.2. The zero-order chi connectivity index (χ0) is 19.1. The minimum absolute atomic E-state index is 1.13. The van der Waals surface area contributed by atoms with Crippen molar-refractivity contribution in [3.8, 4) is 20.2 Å². The van der Waals surface area contributed by atoms with Gasteiger partial charge in [0.15, 0.2) is 0 Å². The molecular weight excluding hydrogens is 452 g/mol. The monoisotopic (exact) mass is 478 g/mol. The van der Waals surface area contributed by atoms with Crippen molar-refractivity contribution < 1.29 is 0 Å². The van der Waals surface area contributed by atoms with Gasteiger partial charge in [-0.05, 0) is 69.4 Å². The zero-order valence-corrected chi connectivity index (χ0v) is 20.0. The van der Waals surface area contributed by atoms with Gasteiger partial charge in [-0.2, -0.15) is 0 Å². The molecule has 0 aliphatic heterocycles. The summed E-state index contributed by atoms with van der Waals surface area (Å²) in [6.07, 6.45) is 10.6. The van der Waals surface area contributed by atoms with E-state index in [-0.39, 0.29) is 0 Å². The van der Waals surface area contributed by atoms with Gasteiger partial charge in [0.25, 0.3) is 0 Å². The Labute approximate surface area is 184 Å². The summed E-state index contributed by atoms with van der Waals surface area (Å²) in [4.78, 5) is 5.39. The van der Waals surface area contributed by atoms with Gasteiger partial charge in [0.2, 0.25) is 0 Å². The molecule has 0 radical (unpaired) electrons. The maximum absolute atomic E-state index is 4.36. The SMILES string of the molecule is C=C(CCCCCCCCC)c1ccc(-c2ccsc2-c2sccc2Br)s1. The van der Waals surface area contributed by atoms with Crippen molar-refractivity contribution in [1.29, 1.82) is 0 Å². The van der Waals surface area contributed by atoms with Gasteiger partial charge < -0.3 is 0 Å². The minimum atomic E-state index is 1.13. The Hall–Kier alpha value is -0.680. The summed E-state index contributed by atoms with van der Waals surface area (Å²) < 4.78 is 1.19. The van der Waals surface area contributed by atoms with Crippen LogP contribution >= 0.6 is 49.9 Å². The summed E-state index contributed by atoms with van der Waals surface area (Å²) in [5.74, 6) is 0. The molecule has 0 aromatic carbocycles. The lowest BCUT2D eigenvalue weighted by molar-refractivity contribution is 0.594. The molecule has 0 aliphatic carbocycles. The molecule has 0 amide bonds. The van der Waals surface area contributed by atoms with Crippen molar-refractivity contribution in [3.05, 3.63) is 51.0 Å². The van der Waals surface area contributed by atoms with Crippen LogP contribution in [-0.2, 0) is 0 Å². The Morgan fingerprint density at radius 1 is 0.889 bits per heavy atom. The van der Waals surface area contributed by atoms with E-state index in [1.54, 1.807) is 11.3 Å². The maximum atomic E-state index is 4.36. The predicted molar refractivity (Wildman–Crippen MR) is 130 cm³/mol.